The fraction of sp³-hybridized carbons (Fsp3) is 0. The standard InChI is InChI=1S/C21H14N2O3/c24-21(25)18-8-4-7-17(13-18)20-23-22-19(26-20)16-11-9-15(10-12-16)14-5-2-1-3-6-14/h1-13H,(H,24,25). The van der Waals surface area contributed by atoms with Crippen molar-refractivity contribution >= 4 is 5.97 Å². The number of nitrogens with zero attached hydrogens (tertiary/aromatic N) is 2. The summed E-state index contributed by atoms with van der Waals surface area (Å²) in [5.41, 5.74) is 3.79. The third-order valence-electron chi connectivity index (χ3n) is 4.02. The highest BCUT2D eigenvalue weighted by Crippen LogP contribution is 2.27. The van der Waals surface area contributed by atoms with E-state index in [2.05, 4.69) is 22.3 Å². The summed E-state index contributed by atoms with van der Waals surface area (Å²) in [5, 5.41) is 17.2. The molecule has 0 unspecified atom stereocenters. The topological polar surface area (TPSA) is 76.2 Å². The van der Waals surface area contributed by atoms with Crippen LogP contribution in [0.3, 0.4) is 0 Å². The molecular formula is C21H14N2O3. The fourth-order valence-electron chi connectivity index (χ4n) is 2.68. The van der Waals surface area contributed by atoms with Gasteiger partial charge in [0.1, 0.15) is 0 Å². The first-order valence-electron chi connectivity index (χ1n) is 8.04. The van der Waals surface area contributed by atoms with Gasteiger partial charge in [0.15, 0.2) is 0 Å². The van der Waals surface area contributed by atoms with Crippen LogP contribution in [-0.2, 0) is 0 Å². The molecule has 26 heavy (non-hydrogen) atoms. The quantitative estimate of drug-likeness (QED) is 0.578. The number of aromatic nitrogens is 2. The molecule has 1 N–H and O–H groups in total. The lowest BCUT2D eigenvalue weighted by molar-refractivity contribution is 0.0697. The molecule has 5 nitrogen and oxygen atoms in total. The van der Waals surface area contributed by atoms with E-state index in [0.29, 0.717) is 11.5 Å². The third-order valence-corrected chi connectivity index (χ3v) is 4.02. The van der Waals surface area contributed by atoms with Crippen molar-refractivity contribution in [2.75, 3.05) is 0 Å². The average Bonchev–Trinajstić information content (AvgIpc) is 3.19. The second kappa shape index (κ2) is 6.64. The van der Waals surface area contributed by atoms with E-state index >= 15 is 0 Å². The Morgan fingerprint density at radius 3 is 1.96 bits per heavy atom. The fourth-order valence-corrected chi connectivity index (χ4v) is 2.68. The van der Waals surface area contributed by atoms with Crippen LogP contribution in [-0.4, -0.2) is 21.3 Å². The summed E-state index contributed by atoms with van der Waals surface area (Å²) in [6, 6.07) is 24.3. The van der Waals surface area contributed by atoms with Gasteiger partial charge in [0.2, 0.25) is 11.8 Å². The molecule has 1 heterocycles. The first kappa shape index (κ1) is 15.8. The normalized spacial score (nSPS) is 10.6. The van der Waals surface area contributed by atoms with Crippen LogP contribution >= 0.6 is 0 Å². The Kier molecular flexibility index (Phi) is 4.03. The number of hydrogen-bond donors (Lipinski definition) is 1. The predicted molar refractivity (Wildman–Crippen MR) is 97.6 cm³/mol. The summed E-state index contributed by atoms with van der Waals surface area (Å²) in [4.78, 5) is 11.1. The molecule has 1 aromatic heterocycles. The molecular weight excluding hydrogens is 328 g/mol. The number of benzene rings is 3. The molecule has 0 radical (unpaired) electrons. The Morgan fingerprint density at radius 2 is 1.27 bits per heavy atom. The average molecular weight is 342 g/mol. The Hall–Kier alpha value is -3.73. The first-order valence-corrected chi connectivity index (χ1v) is 8.04. The molecule has 0 amide bonds. The van der Waals surface area contributed by atoms with Crippen molar-refractivity contribution in [3.63, 3.8) is 0 Å². The molecule has 5 heteroatoms. The van der Waals surface area contributed by atoms with Crippen LogP contribution in [0, 0.1) is 0 Å². The SMILES string of the molecule is O=C(O)c1cccc(-c2nnc(-c3ccc(-c4ccccc4)cc3)o2)c1. The maximum atomic E-state index is 11.1. The molecule has 126 valence electrons. The lowest BCUT2D eigenvalue weighted by atomic mass is 10.0. The molecule has 0 saturated carbocycles. The molecule has 0 spiro atoms. The van der Waals surface area contributed by atoms with E-state index in [1.807, 2.05) is 42.5 Å². The highest BCUT2D eigenvalue weighted by molar-refractivity contribution is 5.89. The van der Waals surface area contributed by atoms with Crippen LogP contribution in [0.25, 0.3) is 34.0 Å². The molecule has 0 atom stereocenters. The van der Waals surface area contributed by atoms with Gasteiger partial charge in [0.05, 0.1) is 5.56 Å². The van der Waals surface area contributed by atoms with E-state index in [0.717, 1.165) is 16.7 Å². The Morgan fingerprint density at radius 1 is 0.692 bits per heavy atom. The molecule has 0 saturated heterocycles. The van der Waals surface area contributed by atoms with E-state index < -0.39 is 5.97 Å². The zero-order valence-corrected chi connectivity index (χ0v) is 13.7. The molecule has 4 aromatic rings. The summed E-state index contributed by atoms with van der Waals surface area (Å²) in [6.45, 7) is 0. The van der Waals surface area contributed by atoms with Crippen LogP contribution in [0.15, 0.2) is 83.3 Å². The Labute approximate surface area is 149 Å². The van der Waals surface area contributed by atoms with E-state index in [9.17, 15) is 4.79 Å². The predicted octanol–water partition coefficient (Wildman–Crippen LogP) is 4.77. The van der Waals surface area contributed by atoms with Crippen LogP contribution in [0.5, 0.6) is 0 Å². The molecule has 0 bridgehead atoms. The van der Waals surface area contributed by atoms with Crippen molar-refractivity contribution in [1.29, 1.82) is 0 Å². The highest BCUT2D eigenvalue weighted by Gasteiger charge is 2.12. The largest absolute Gasteiger partial charge is 0.478 e. The molecule has 0 fully saturated rings. The minimum atomic E-state index is -0.997. The zero-order valence-electron chi connectivity index (χ0n) is 13.7. The van der Waals surface area contributed by atoms with Crippen LogP contribution in [0.1, 0.15) is 10.4 Å². The van der Waals surface area contributed by atoms with Gasteiger partial charge in [0, 0.05) is 11.1 Å². The number of rotatable bonds is 4. The van der Waals surface area contributed by atoms with Gasteiger partial charge in [-0.1, -0.05) is 48.5 Å². The van der Waals surface area contributed by atoms with Crippen molar-refractivity contribution in [1.82, 2.24) is 10.2 Å². The summed E-state index contributed by atoms with van der Waals surface area (Å²) >= 11 is 0. The number of aromatic carboxylic acids is 1. The van der Waals surface area contributed by atoms with Gasteiger partial charge in [-0.25, -0.2) is 4.79 Å². The molecule has 3 aromatic carbocycles. The lowest BCUT2D eigenvalue weighted by Gasteiger charge is -2.02. The van der Waals surface area contributed by atoms with Crippen molar-refractivity contribution in [2.45, 2.75) is 0 Å². The smallest absolute Gasteiger partial charge is 0.335 e. The van der Waals surface area contributed by atoms with Crippen LogP contribution in [0.4, 0.5) is 0 Å². The monoisotopic (exact) mass is 342 g/mol. The number of carboxylic acid groups (broad SMARTS) is 1. The molecule has 0 aliphatic carbocycles. The molecule has 0 aliphatic rings. The Balaban J connectivity index is 1.62. The minimum Gasteiger partial charge on any atom is -0.478 e. The van der Waals surface area contributed by atoms with Gasteiger partial charge in [-0.15, -0.1) is 10.2 Å². The van der Waals surface area contributed by atoms with Gasteiger partial charge < -0.3 is 9.52 Å². The van der Waals surface area contributed by atoms with Gasteiger partial charge in [-0.3, -0.25) is 0 Å². The van der Waals surface area contributed by atoms with E-state index in [1.54, 1.807) is 12.1 Å². The van der Waals surface area contributed by atoms with Gasteiger partial charge in [-0.05, 0) is 41.5 Å². The van der Waals surface area contributed by atoms with Gasteiger partial charge in [-0.2, -0.15) is 0 Å². The highest BCUT2D eigenvalue weighted by atomic mass is 16.4. The summed E-state index contributed by atoms with van der Waals surface area (Å²) in [6.07, 6.45) is 0. The van der Waals surface area contributed by atoms with Gasteiger partial charge >= 0.3 is 5.97 Å². The third kappa shape index (κ3) is 3.10. The van der Waals surface area contributed by atoms with E-state index in [4.69, 9.17) is 9.52 Å². The maximum absolute atomic E-state index is 11.1. The van der Waals surface area contributed by atoms with Crippen molar-refractivity contribution < 1.29 is 14.3 Å². The maximum Gasteiger partial charge on any atom is 0.335 e. The minimum absolute atomic E-state index is 0.175. The van der Waals surface area contributed by atoms with Crippen LogP contribution in [0.2, 0.25) is 0 Å². The Bertz CT molecular complexity index is 1050. The molecule has 0 aliphatic heterocycles. The van der Waals surface area contributed by atoms with E-state index in [1.165, 1.54) is 12.1 Å². The summed E-state index contributed by atoms with van der Waals surface area (Å²) in [7, 11) is 0. The van der Waals surface area contributed by atoms with Crippen molar-refractivity contribution in [2.24, 2.45) is 0 Å². The summed E-state index contributed by atoms with van der Waals surface area (Å²) < 4.78 is 5.72. The van der Waals surface area contributed by atoms with Gasteiger partial charge in [0.25, 0.3) is 0 Å². The van der Waals surface area contributed by atoms with Crippen LogP contribution < -0.4 is 0 Å². The second-order valence-electron chi connectivity index (χ2n) is 5.74. The van der Waals surface area contributed by atoms with Crippen molar-refractivity contribution in [3.8, 4) is 34.0 Å². The molecule has 4 rings (SSSR count). The lowest BCUT2D eigenvalue weighted by Crippen LogP contribution is -1.95. The number of hydrogen-bond acceptors (Lipinski definition) is 4. The number of carboxylic acids is 1. The first-order chi connectivity index (χ1) is 12.7. The van der Waals surface area contributed by atoms with Crippen molar-refractivity contribution in [3.05, 3.63) is 84.4 Å². The number of carbonyl (C=O) groups is 1. The zero-order chi connectivity index (χ0) is 17.9. The summed E-state index contributed by atoms with van der Waals surface area (Å²) in [5.74, 6) is -0.321. The van der Waals surface area contributed by atoms with E-state index in [-0.39, 0.29) is 11.5 Å². The second-order valence-corrected chi connectivity index (χ2v) is 5.74.